The molecule has 33 heavy (non-hydrogen) atoms. The summed E-state index contributed by atoms with van der Waals surface area (Å²) in [4.78, 5) is 20.0. The Morgan fingerprint density at radius 3 is 2.88 bits per heavy atom. The van der Waals surface area contributed by atoms with Gasteiger partial charge < -0.3 is 15.0 Å². The molecule has 5 heteroatoms. The fourth-order valence-electron chi connectivity index (χ4n) is 8.19. The second-order valence-corrected chi connectivity index (χ2v) is 11.6. The molecular weight excluding hydrogens is 410 g/mol. The number of carbonyl (C=O) groups is 1. The summed E-state index contributed by atoms with van der Waals surface area (Å²) in [6.45, 7) is 2.38. The predicted octanol–water partition coefficient (Wildman–Crippen LogP) is 5.11. The van der Waals surface area contributed by atoms with Crippen LogP contribution in [-0.2, 0) is 9.53 Å². The number of rotatable bonds is 3. The summed E-state index contributed by atoms with van der Waals surface area (Å²) in [7, 11) is 4.42. The summed E-state index contributed by atoms with van der Waals surface area (Å²) < 4.78 is 7.36. The van der Waals surface area contributed by atoms with Crippen molar-refractivity contribution < 1.29 is 9.53 Å². The van der Waals surface area contributed by atoms with E-state index in [9.17, 15) is 4.79 Å². The van der Waals surface area contributed by atoms with E-state index < -0.39 is 0 Å². The van der Waals surface area contributed by atoms with Crippen molar-refractivity contribution in [1.29, 1.82) is 0 Å². The maximum Gasteiger partial charge on any atom is 0.228 e. The van der Waals surface area contributed by atoms with E-state index in [2.05, 4.69) is 48.4 Å². The second-order valence-electron chi connectivity index (χ2n) is 11.6. The molecule has 0 aromatic carbocycles. The highest BCUT2D eigenvalue weighted by atomic mass is 16.5. The van der Waals surface area contributed by atoms with Crippen LogP contribution in [0.5, 0.6) is 0 Å². The number of hydrogen-bond acceptors (Lipinski definition) is 4. The SMILES string of the molecule is CN(C)C1CCC2=CC3=CCC[C@]4(C)[C@@H](C(=O)Nc5cccnc5)CC[C@H]4[C@@]34CC[C@]2(C1)O4. The molecule has 1 aromatic heterocycles. The van der Waals surface area contributed by atoms with Gasteiger partial charge in [0.15, 0.2) is 0 Å². The van der Waals surface area contributed by atoms with E-state index in [1.165, 1.54) is 17.6 Å². The molecule has 1 saturated heterocycles. The topological polar surface area (TPSA) is 54.5 Å². The summed E-state index contributed by atoms with van der Waals surface area (Å²) in [5, 5.41) is 3.16. The lowest BCUT2D eigenvalue weighted by Gasteiger charge is -2.51. The van der Waals surface area contributed by atoms with Gasteiger partial charge in [-0.25, -0.2) is 0 Å². The Morgan fingerprint density at radius 2 is 2.09 bits per heavy atom. The van der Waals surface area contributed by atoms with Crippen molar-refractivity contribution in [2.45, 2.75) is 82.0 Å². The zero-order chi connectivity index (χ0) is 22.8. The Bertz CT molecular complexity index is 1020. The molecule has 3 fully saturated rings. The molecule has 1 aromatic rings. The fraction of sp³-hybridized carbons (Fsp3) is 0.643. The van der Waals surface area contributed by atoms with Crippen LogP contribution in [0, 0.1) is 17.3 Å². The van der Waals surface area contributed by atoms with Crippen LogP contribution in [0.4, 0.5) is 5.69 Å². The first kappa shape index (κ1) is 21.5. The van der Waals surface area contributed by atoms with E-state index in [-0.39, 0.29) is 28.4 Å². The highest BCUT2D eigenvalue weighted by molar-refractivity contribution is 5.93. The van der Waals surface area contributed by atoms with E-state index in [1.807, 2.05) is 12.1 Å². The number of nitrogens with zero attached hydrogens (tertiary/aromatic N) is 2. The first-order valence-electron chi connectivity index (χ1n) is 12.9. The standard InChI is InChI=1S/C28H37N3O2/c1-26-12-4-6-20-16-19-8-9-22(31(2)3)17-27(19)13-14-28(20,33-27)24(26)11-10-23(26)25(32)30-21-7-5-15-29-18-21/h5-7,15-16,18,22-24H,4,8-14,17H2,1-3H3,(H,30,32)/t22?,23-,24-,26-,27-,28-/m1/s1. The third-order valence-corrected chi connectivity index (χ3v) is 9.92. The average molecular weight is 448 g/mol. The zero-order valence-corrected chi connectivity index (χ0v) is 20.3. The lowest BCUT2D eigenvalue weighted by molar-refractivity contribution is -0.141. The quantitative estimate of drug-likeness (QED) is 0.699. The molecule has 2 bridgehead atoms. The molecule has 6 atom stereocenters. The molecule has 1 amide bonds. The Kier molecular flexibility index (Phi) is 4.90. The Labute approximate surface area is 197 Å². The third kappa shape index (κ3) is 3.11. The molecule has 0 radical (unpaired) electrons. The number of carbonyl (C=O) groups excluding carboxylic acids is 1. The maximum atomic E-state index is 13.5. The van der Waals surface area contributed by atoms with Crippen molar-refractivity contribution in [2.24, 2.45) is 17.3 Å². The minimum absolute atomic E-state index is 0.0104. The minimum Gasteiger partial charge on any atom is -0.359 e. The van der Waals surface area contributed by atoms with Gasteiger partial charge in [0.1, 0.15) is 0 Å². The van der Waals surface area contributed by atoms with Crippen LogP contribution in [0.15, 0.2) is 47.8 Å². The van der Waals surface area contributed by atoms with Crippen molar-refractivity contribution >= 4 is 11.6 Å². The minimum atomic E-state index is -0.216. The molecule has 5 nitrogen and oxygen atoms in total. The van der Waals surface area contributed by atoms with E-state index in [0.29, 0.717) is 12.0 Å². The third-order valence-electron chi connectivity index (χ3n) is 9.92. The van der Waals surface area contributed by atoms with Gasteiger partial charge in [0.25, 0.3) is 0 Å². The zero-order valence-electron chi connectivity index (χ0n) is 20.3. The van der Waals surface area contributed by atoms with Crippen LogP contribution in [0.25, 0.3) is 0 Å². The number of pyridine rings is 1. The molecule has 176 valence electrons. The van der Waals surface area contributed by atoms with E-state index in [4.69, 9.17) is 4.74 Å². The molecule has 1 N–H and O–H groups in total. The average Bonchev–Trinajstić information content (AvgIpc) is 3.27. The Hall–Kier alpha value is -1.98. The first-order chi connectivity index (χ1) is 15.9. The molecule has 2 saturated carbocycles. The van der Waals surface area contributed by atoms with Crippen molar-refractivity contribution in [3.05, 3.63) is 47.8 Å². The van der Waals surface area contributed by atoms with Gasteiger partial charge in [-0.1, -0.05) is 19.1 Å². The molecule has 2 spiro atoms. The summed E-state index contributed by atoms with van der Waals surface area (Å²) in [6, 6.07) is 4.38. The van der Waals surface area contributed by atoms with E-state index >= 15 is 0 Å². The van der Waals surface area contributed by atoms with Crippen LogP contribution in [-0.4, -0.2) is 47.1 Å². The lowest BCUT2D eigenvalue weighted by Crippen LogP contribution is -2.53. The van der Waals surface area contributed by atoms with Crippen molar-refractivity contribution in [3.8, 4) is 0 Å². The summed E-state index contributed by atoms with van der Waals surface area (Å²) >= 11 is 0. The molecule has 2 aliphatic heterocycles. The summed E-state index contributed by atoms with van der Waals surface area (Å²) in [6.07, 6.45) is 18.3. The Balaban J connectivity index is 1.32. The normalized spacial score (nSPS) is 41.4. The van der Waals surface area contributed by atoms with Gasteiger partial charge in [-0.15, -0.1) is 0 Å². The van der Waals surface area contributed by atoms with Gasteiger partial charge in [-0.2, -0.15) is 0 Å². The van der Waals surface area contributed by atoms with Gasteiger partial charge in [0, 0.05) is 18.2 Å². The molecule has 3 aliphatic carbocycles. The van der Waals surface area contributed by atoms with Gasteiger partial charge in [0.05, 0.1) is 23.1 Å². The van der Waals surface area contributed by atoms with Crippen LogP contribution < -0.4 is 5.32 Å². The molecular formula is C28H37N3O2. The summed E-state index contributed by atoms with van der Waals surface area (Å²) in [5.74, 6) is 0.550. The van der Waals surface area contributed by atoms with Crippen molar-refractivity contribution in [2.75, 3.05) is 19.4 Å². The van der Waals surface area contributed by atoms with E-state index in [0.717, 1.165) is 57.1 Å². The van der Waals surface area contributed by atoms with Crippen LogP contribution >= 0.6 is 0 Å². The van der Waals surface area contributed by atoms with E-state index in [1.54, 1.807) is 12.4 Å². The van der Waals surface area contributed by atoms with Gasteiger partial charge in [-0.05, 0) is 106 Å². The Morgan fingerprint density at radius 1 is 1.21 bits per heavy atom. The lowest BCUT2D eigenvalue weighted by atomic mass is 9.63. The number of aromatic nitrogens is 1. The maximum absolute atomic E-state index is 13.5. The number of fused-ring (bicyclic) bond motifs is 1. The predicted molar refractivity (Wildman–Crippen MR) is 130 cm³/mol. The number of ether oxygens (including phenoxy) is 1. The smallest absolute Gasteiger partial charge is 0.228 e. The van der Waals surface area contributed by atoms with Gasteiger partial charge in [-0.3, -0.25) is 9.78 Å². The van der Waals surface area contributed by atoms with Crippen molar-refractivity contribution in [1.82, 2.24) is 9.88 Å². The molecule has 6 rings (SSSR count). The largest absolute Gasteiger partial charge is 0.359 e. The number of hydrogen-bond donors (Lipinski definition) is 1. The fourth-order valence-corrected chi connectivity index (χ4v) is 8.19. The summed E-state index contributed by atoms with van der Waals surface area (Å²) in [5.41, 5.74) is 3.39. The monoisotopic (exact) mass is 447 g/mol. The molecule has 1 unspecified atom stereocenters. The van der Waals surface area contributed by atoms with Crippen LogP contribution in [0.3, 0.4) is 0 Å². The highest BCUT2D eigenvalue weighted by Gasteiger charge is 2.66. The second kappa shape index (κ2) is 7.51. The first-order valence-corrected chi connectivity index (χ1v) is 12.9. The van der Waals surface area contributed by atoms with Gasteiger partial charge >= 0.3 is 0 Å². The van der Waals surface area contributed by atoms with Crippen molar-refractivity contribution in [3.63, 3.8) is 0 Å². The number of amides is 1. The highest BCUT2D eigenvalue weighted by Crippen LogP contribution is 2.67. The number of nitrogens with one attached hydrogen (secondary N) is 1. The number of anilines is 1. The van der Waals surface area contributed by atoms with Crippen LogP contribution in [0.2, 0.25) is 0 Å². The molecule has 5 aliphatic rings. The van der Waals surface area contributed by atoms with Crippen LogP contribution in [0.1, 0.15) is 64.7 Å². The molecule has 3 heterocycles. The number of allylic oxidation sites excluding steroid dienone is 1. The van der Waals surface area contributed by atoms with Gasteiger partial charge in [0.2, 0.25) is 5.91 Å².